The third kappa shape index (κ3) is 2.97. The summed E-state index contributed by atoms with van der Waals surface area (Å²) in [4.78, 5) is 0. The van der Waals surface area contributed by atoms with Crippen LogP contribution in [0.5, 0.6) is 5.75 Å². The van der Waals surface area contributed by atoms with Crippen molar-refractivity contribution in [2.24, 2.45) is 0 Å². The molecule has 0 amide bonds. The number of ether oxygens (including phenoxy) is 1. The van der Waals surface area contributed by atoms with Gasteiger partial charge in [0.1, 0.15) is 11.6 Å². The molecule has 2 nitrogen and oxygen atoms in total. The molecule has 0 spiro atoms. The molecule has 3 aliphatic rings. The lowest BCUT2D eigenvalue weighted by Crippen LogP contribution is -2.32. The third-order valence-corrected chi connectivity index (χ3v) is 6.14. The molecule has 1 aliphatic carbocycles. The van der Waals surface area contributed by atoms with E-state index in [0.29, 0.717) is 5.56 Å². The lowest BCUT2D eigenvalue weighted by atomic mass is 9.81. The van der Waals surface area contributed by atoms with Crippen LogP contribution in [0.3, 0.4) is 0 Å². The fraction of sp³-hybridized carbons (Fsp3) is 0.360. The summed E-state index contributed by atoms with van der Waals surface area (Å²) in [7, 11) is 0. The maximum absolute atomic E-state index is 14.7. The molecule has 1 N–H and O–H groups in total. The van der Waals surface area contributed by atoms with Gasteiger partial charge in [-0.15, -0.1) is 0 Å². The van der Waals surface area contributed by atoms with Crippen LogP contribution in [0.1, 0.15) is 64.0 Å². The number of anilines is 1. The van der Waals surface area contributed by atoms with E-state index in [9.17, 15) is 8.78 Å². The molecule has 2 aromatic carbocycles. The number of rotatable bonds is 0. The summed E-state index contributed by atoms with van der Waals surface area (Å²) in [5.41, 5.74) is 6.63. The number of hydrogen-bond donors (Lipinski definition) is 1. The molecule has 0 aromatic heterocycles. The van der Waals surface area contributed by atoms with Gasteiger partial charge in [0.05, 0.1) is 5.54 Å². The molecule has 150 valence electrons. The number of halogens is 2. The van der Waals surface area contributed by atoms with Crippen LogP contribution in [0, 0.1) is 11.6 Å². The number of hydrogen-bond acceptors (Lipinski definition) is 2. The molecule has 2 aliphatic heterocycles. The van der Waals surface area contributed by atoms with Gasteiger partial charge in [0, 0.05) is 28.4 Å². The molecule has 1 fully saturated rings. The van der Waals surface area contributed by atoms with Crippen molar-refractivity contribution in [1.29, 1.82) is 0 Å². The second kappa shape index (κ2) is 6.45. The zero-order chi connectivity index (χ0) is 20.3. The molecule has 0 bridgehead atoms. The van der Waals surface area contributed by atoms with Gasteiger partial charge >= 0.3 is 0 Å². The molecule has 0 radical (unpaired) electrons. The van der Waals surface area contributed by atoms with Gasteiger partial charge in [-0.2, -0.15) is 0 Å². The zero-order valence-electron chi connectivity index (χ0n) is 17.1. The topological polar surface area (TPSA) is 21.3 Å². The highest BCUT2D eigenvalue weighted by atomic mass is 19.1. The van der Waals surface area contributed by atoms with E-state index >= 15 is 0 Å². The van der Waals surface area contributed by atoms with Crippen LogP contribution in [0.4, 0.5) is 14.5 Å². The van der Waals surface area contributed by atoms with Gasteiger partial charge in [0.25, 0.3) is 0 Å². The molecule has 29 heavy (non-hydrogen) atoms. The van der Waals surface area contributed by atoms with Crippen molar-refractivity contribution in [3.8, 4) is 16.9 Å². The number of nitrogens with one attached hydrogen (secondary N) is 1. The van der Waals surface area contributed by atoms with E-state index < -0.39 is 11.6 Å². The van der Waals surface area contributed by atoms with Gasteiger partial charge in [-0.05, 0) is 75.3 Å². The normalized spacial score (nSPS) is 19.4. The van der Waals surface area contributed by atoms with Crippen molar-refractivity contribution in [3.63, 3.8) is 0 Å². The van der Waals surface area contributed by atoms with Gasteiger partial charge in [-0.1, -0.05) is 18.6 Å². The predicted molar refractivity (Wildman–Crippen MR) is 114 cm³/mol. The average Bonchev–Trinajstić information content (AvgIpc) is 2.66. The molecule has 4 heteroatoms. The summed E-state index contributed by atoms with van der Waals surface area (Å²) < 4.78 is 35.0. The Kier molecular flexibility index (Phi) is 4.09. The maximum Gasteiger partial charge on any atom is 0.171 e. The van der Waals surface area contributed by atoms with Crippen molar-refractivity contribution in [3.05, 3.63) is 58.7 Å². The van der Waals surface area contributed by atoms with E-state index in [0.717, 1.165) is 65.5 Å². The van der Waals surface area contributed by atoms with Crippen LogP contribution >= 0.6 is 0 Å². The summed E-state index contributed by atoms with van der Waals surface area (Å²) in [5.74, 6) is -0.334. The highest BCUT2D eigenvalue weighted by molar-refractivity contribution is 5.98. The first-order chi connectivity index (χ1) is 13.8. The molecule has 0 unspecified atom stereocenters. The molecule has 1 saturated carbocycles. The lowest BCUT2D eigenvalue weighted by molar-refractivity contribution is 0.447. The Hall–Kier alpha value is -2.62. The van der Waals surface area contributed by atoms with Crippen molar-refractivity contribution in [2.75, 3.05) is 5.32 Å². The van der Waals surface area contributed by atoms with Crippen LogP contribution in [0.15, 0.2) is 35.9 Å². The summed E-state index contributed by atoms with van der Waals surface area (Å²) in [6.07, 6.45) is 7.56. The third-order valence-electron chi connectivity index (χ3n) is 6.14. The SMILES string of the molecule is CC1=CC(C)(C)Nc2ccc3c(c21)C(=C1CCCCC1)Oc1c(F)cc(F)cc1-3. The lowest BCUT2D eigenvalue weighted by Gasteiger charge is -2.36. The molecular weight excluding hydrogens is 368 g/mol. The van der Waals surface area contributed by atoms with Gasteiger partial charge in [0.2, 0.25) is 0 Å². The predicted octanol–water partition coefficient (Wildman–Crippen LogP) is 7.31. The minimum absolute atomic E-state index is 0.137. The second-order valence-corrected chi connectivity index (χ2v) is 8.94. The molecule has 2 heterocycles. The highest BCUT2D eigenvalue weighted by Crippen LogP contribution is 2.51. The first kappa shape index (κ1) is 18.4. The molecular formula is C25H25F2NO. The maximum atomic E-state index is 14.7. The van der Waals surface area contributed by atoms with E-state index in [1.165, 1.54) is 18.1 Å². The van der Waals surface area contributed by atoms with E-state index in [4.69, 9.17) is 4.74 Å². The molecule has 0 saturated heterocycles. The first-order valence-electron chi connectivity index (χ1n) is 10.4. The van der Waals surface area contributed by atoms with Gasteiger partial charge in [-0.25, -0.2) is 8.78 Å². The Balaban J connectivity index is 1.84. The van der Waals surface area contributed by atoms with Gasteiger partial charge in [-0.3, -0.25) is 0 Å². The quantitative estimate of drug-likeness (QED) is 0.507. The summed E-state index contributed by atoms with van der Waals surface area (Å²) in [6, 6.07) is 6.28. The molecule has 2 aromatic rings. The van der Waals surface area contributed by atoms with E-state index in [2.05, 4.69) is 32.2 Å². The van der Waals surface area contributed by atoms with Crippen LogP contribution in [-0.4, -0.2) is 5.54 Å². The van der Waals surface area contributed by atoms with Gasteiger partial charge < -0.3 is 10.1 Å². The van der Waals surface area contributed by atoms with Crippen LogP contribution < -0.4 is 10.1 Å². The molecule has 0 atom stereocenters. The Morgan fingerprint density at radius 2 is 1.72 bits per heavy atom. The van der Waals surface area contributed by atoms with E-state index in [1.54, 1.807) is 0 Å². The Morgan fingerprint density at radius 3 is 2.48 bits per heavy atom. The number of allylic oxidation sites excluding steroid dienone is 2. The summed E-state index contributed by atoms with van der Waals surface area (Å²) in [5, 5.41) is 3.58. The fourth-order valence-electron chi connectivity index (χ4n) is 5.05. The van der Waals surface area contributed by atoms with Gasteiger partial charge in [0.15, 0.2) is 11.6 Å². The van der Waals surface area contributed by atoms with E-state index in [1.807, 2.05) is 12.1 Å². The number of fused-ring (bicyclic) bond motifs is 5. The Bertz CT molecular complexity index is 1090. The molecule has 5 rings (SSSR count). The standard InChI is InChI=1S/C25H25F2NO/c1-14-13-25(2,3)28-20-10-9-17-18-11-16(26)12-19(27)24(18)29-23(22(17)21(14)20)15-7-5-4-6-8-15/h9-13,28H,4-8H2,1-3H3. The van der Waals surface area contributed by atoms with Crippen LogP contribution in [0.2, 0.25) is 0 Å². The van der Waals surface area contributed by atoms with Crippen LogP contribution in [0.25, 0.3) is 22.5 Å². The minimum Gasteiger partial charge on any atom is -0.453 e. The number of benzene rings is 2. The smallest absolute Gasteiger partial charge is 0.171 e. The van der Waals surface area contributed by atoms with Crippen molar-refractivity contribution in [1.82, 2.24) is 0 Å². The minimum atomic E-state index is -0.649. The largest absolute Gasteiger partial charge is 0.453 e. The van der Waals surface area contributed by atoms with Crippen molar-refractivity contribution >= 4 is 17.0 Å². The second-order valence-electron chi connectivity index (χ2n) is 8.94. The monoisotopic (exact) mass is 393 g/mol. The first-order valence-corrected chi connectivity index (χ1v) is 10.4. The van der Waals surface area contributed by atoms with Crippen molar-refractivity contribution in [2.45, 2.75) is 58.4 Å². The Labute approximate surface area is 170 Å². The van der Waals surface area contributed by atoms with Crippen molar-refractivity contribution < 1.29 is 13.5 Å². The zero-order valence-corrected chi connectivity index (χ0v) is 17.1. The highest BCUT2D eigenvalue weighted by Gasteiger charge is 2.34. The van der Waals surface area contributed by atoms with Crippen LogP contribution in [-0.2, 0) is 0 Å². The summed E-state index contributed by atoms with van der Waals surface area (Å²) in [6.45, 7) is 6.37. The summed E-state index contributed by atoms with van der Waals surface area (Å²) >= 11 is 0. The average molecular weight is 393 g/mol. The fourth-order valence-corrected chi connectivity index (χ4v) is 5.05. The Morgan fingerprint density at radius 1 is 0.966 bits per heavy atom. The van der Waals surface area contributed by atoms with E-state index in [-0.39, 0.29) is 11.3 Å².